The summed E-state index contributed by atoms with van der Waals surface area (Å²) in [5.41, 5.74) is 12.6. The molecule has 5 aliphatic heterocycles. The molecule has 0 bridgehead atoms. The average molecular weight is 1010 g/mol. The number of anilines is 3. The Balaban J connectivity index is 0.738. The van der Waals surface area contributed by atoms with Gasteiger partial charge in [0.2, 0.25) is 23.2 Å². The highest BCUT2D eigenvalue weighted by atomic mass is 31.2. The van der Waals surface area contributed by atoms with Crippen LogP contribution in [0.25, 0.3) is 16.7 Å². The predicted molar refractivity (Wildman–Crippen MR) is 271 cm³/mol. The molecule has 0 radical (unpaired) electrons. The fourth-order valence-electron chi connectivity index (χ4n) is 10.9. The molecule has 1 unspecified atom stereocenters. The molecule has 0 spiro atoms. The summed E-state index contributed by atoms with van der Waals surface area (Å²) < 4.78 is 38.7. The van der Waals surface area contributed by atoms with E-state index >= 15 is 0 Å². The van der Waals surface area contributed by atoms with E-state index in [0.717, 1.165) is 105 Å². The van der Waals surface area contributed by atoms with E-state index in [2.05, 4.69) is 79.2 Å². The number of aromatic amines is 1. The fourth-order valence-corrected chi connectivity index (χ4v) is 11.8. The molecule has 20 nitrogen and oxygen atoms in total. The van der Waals surface area contributed by atoms with Gasteiger partial charge in [-0.3, -0.25) is 33.0 Å². The Morgan fingerprint density at radius 2 is 1.81 bits per heavy atom. The number of ether oxygens (including phenoxy) is 2. The first-order chi connectivity index (χ1) is 34.8. The first kappa shape index (κ1) is 49.4. The minimum Gasteiger partial charge on any atom is -0.456 e. The zero-order valence-corrected chi connectivity index (χ0v) is 41.9. The van der Waals surface area contributed by atoms with Crippen LogP contribution in [-0.4, -0.2) is 124 Å². The van der Waals surface area contributed by atoms with Crippen molar-refractivity contribution in [1.29, 1.82) is 0 Å². The first-order valence-electron chi connectivity index (χ1n) is 25.3. The molecule has 2 amide bonds. The van der Waals surface area contributed by atoms with Crippen molar-refractivity contribution in [3.63, 3.8) is 0 Å². The number of imidazole rings is 1. The van der Waals surface area contributed by atoms with Crippen LogP contribution in [0.4, 0.5) is 17.6 Å². The molecule has 72 heavy (non-hydrogen) atoms. The van der Waals surface area contributed by atoms with Crippen molar-refractivity contribution in [2.24, 2.45) is 0 Å². The Kier molecular flexibility index (Phi) is 14.3. The maximum atomic E-state index is 14.5. The van der Waals surface area contributed by atoms with Crippen LogP contribution in [0.2, 0.25) is 0 Å². The van der Waals surface area contributed by atoms with Gasteiger partial charge in [-0.1, -0.05) is 31.0 Å². The lowest BCUT2D eigenvalue weighted by molar-refractivity contribution is -0.121. The molecule has 2 aromatic heterocycles. The van der Waals surface area contributed by atoms with E-state index in [-0.39, 0.29) is 47.9 Å². The number of aliphatic hydroxyl groups is 1. The summed E-state index contributed by atoms with van der Waals surface area (Å²) in [5, 5.41) is 19.6. The van der Waals surface area contributed by atoms with Gasteiger partial charge in [0.25, 0.3) is 11.5 Å². The number of fused-ring (bicyclic) bond motifs is 6. The van der Waals surface area contributed by atoms with Crippen molar-refractivity contribution >= 4 is 54.0 Å². The number of aliphatic hydroxyl groups excluding tert-OH is 1. The number of H-pyrrole nitrogens is 1. The molecular formula is C51H64N10O10P+. The lowest BCUT2D eigenvalue weighted by Crippen LogP contribution is -2.39. The molecule has 0 aliphatic carbocycles. The highest BCUT2D eigenvalue weighted by Gasteiger charge is 2.53. The molecular weight excluding hydrogens is 944 g/mol. The van der Waals surface area contributed by atoms with Gasteiger partial charge in [-0.25, -0.2) is 14.1 Å². The molecule has 21 heteroatoms. The van der Waals surface area contributed by atoms with Crippen LogP contribution in [-0.2, 0) is 36.0 Å². The minimum atomic E-state index is -4.37. The normalized spacial score (nSPS) is 22.1. The van der Waals surface area contributed by atoms with Gasteiger partial charge < -0.3 is 45.6 Å². The molecule has 7 N–H and O–H groups in total. The topological polar surface area (TPSA) is 252 Å². The molecule has 10 rings (SSSR count). The highest BCUT2D eigenvalue weighted by molar-refractivity contribution is 7.47. The number of nitrogens with zero attached hydrogens (tertiary/aromatic N) is 6. The Bertz CT molecular complexity index is 3160. The van der Waals surface area contributed by atoms with Crippen molar-refractivity contribution in [3.05, 3.63) is 97.3 Å². The number of hydrogen-bond acceptors (Lipinski definition) is 14. The molecule has 5 atom stereocenters. The third kappa shape index (κ3) is 9.75. The fraction of sp³-hybridized carbons (Fsp3) is 0.490. The summed E-state index contributed by atoms with van der Waals surface area (Å²) in [6.07, 6.45) is 3.41. The smallest absolute Gasteiger partial charge is 0.456 e. The Morgan fingerprint density at radius 3 is 2.62 bits per heavy atom. The van der Waals surface area contributed by atoms with Crippen LogP contribution in [0.15, 0.2) is 53.3 Å². The van der Waals surface area contributed by atoms with Crippen molar-refractivity contribution in [1.82, 2.24) is 34.3 Å². The Morgan fingerprint density at radius 1 is 1.00 bits per heavy atom. The van der Waals surface area contributed by atoms with Gasteiger partial charge >= 0.3 is 7.82 Å². The zero-order chi connectivity index (χ0) is 50.3. The lowest BCUT2D eigenvalue weighted by atomic mass is 9.86. The summed E-state index contributed by atoms with van der Waals surface area (Å²) in [6.45, 7) is 9.33. The number of nitrogens with two attached hydrogens (primary N) is 1. The number of phosphoric acid groups is 1. The monoisotopic (exact) mass is 1010 g/mol. The highest BCUT2D eigenvalue weighted by Crippen LogP contribution is 2.53. The van der Waals surface area contributed by atoms with Crippen LogP contribution >= 0.6 is 7.82 Å². The van der Waals surface area contributed by atoms with Gasteiger partial charge in [0.05, 0.1) is 12.7 Å². The number of phosphoric ester groups is 1. The number of hydrogen-bond donors (Lipinski definition) is 6. The number of benzene rings is 3. The maximum Gasteiger partial charge on any atom is 0.472 e. The largest absolute Gasteiger partial charge is 0.472 e. The second-order valence-electron chi connectivity index (χ2n) is 19.2. The molecule has 382 valence electrons. The summed E-state index contributed by atoms with van der Waals surface area (Å²) in [5.74, 6) is 1.46. The standard InChI is InChI=1S/C51H63N10O10P/c1-4-59-23-12-15-30-25-34-38(27-36(30)59)69-39-28-37-31(16-13-24-60(37)5-2)26-35(39)42(34)32-17-8-9-18-33(32)48(65)58(3)22-14-19-41(62)53-20-10-6-7-11-21-54-51-55-43-46(56-50(52)57-47(43)64)61(51)49-44(63)45-40(70-49)29-68-72(66,67)71-45/h8-9,17-18,25-28,40,44-45,49,63H,4-7,10-16,19-24,29H2,1-3H3,(H5,52,53,57,62,64,65,66,67)/p+1/t40-,44-,45-,49-/m1/s1. The number of rotatable bonds is 17. The number of amides is 2. The Hall–Kier alpha value is -6.15. The first-order valence-corrected chi connectivity index (χ1v) is 26.8. The van der Waals surface area contributed by atoms with Crippen LogP contribution in [0.1, 0.15) is 104 Å². The zero-order valence-electron chi connectivity index (χ0n) is 41.0. The van der Waals surface area contributed by atoms with E-state index in [1.807, 2.05) is 18.2 Å². The van der Waals surface area contributed by atoms with Crippen LogP contribution in [0.5, 0.6) is 11.5 Å². The van der Waals surface area contributed by atoms with Gasteiger partial charge in [-0.05, 0) is 81.7 Å². The van der Waals surface area contributed by atoms with Gasteiger partial charge in [-0.2, -0.15) is 4.98 Å². The van der Waals surface area contributed by atoms with E-state index in [4.69, 9.17) is 24.3 Å². The van der Waals surface area contributed by atoms with E-state index in [1.54, 1.807) is 11.9 Å². The van der Waals surface area contributed by atoms with Crippen LogP contribution < -0.4 is 46.7 Å². The van der Waals surface area contributed by atoms with E-state index in [1.165, 1.54) is 26.7 Å². The van der Waals surface area contributed by atoms with Crippen molar-refractivity contribution < 1.29 is 42.7 Å². The molecule has 5 aromatic rings. The van der Waals surface area contributed by atoms with Gasteiger partial charge in [-0.15, -0.1) is 0 Å². The van der Waals surface area contributed by atoms with Crippen molar-refractivity contribution in [2.75, 3.05) is 75.4 Å². The van der Waals surface area contributed by atoms with Gasteiger partial charge in [0, 0.05) is 91.8 Å². The van der Waals surface area contributed by atoms with Crippen LogP contribution in [0.3, 0.4) is 0 Å². The second-order valence-corrected chi connectivity index (χ2v) is 20.6. The third-order valence-electron chi connectivity index (χ3n) is 14.5. The number of aryl methyl sites for hydroxylation is 2. The number of unbranched alkanes of at least 4 members (excludes halogenated alkanes) is 3. The summed E-state index contributed by atoms with van der Waals surface area (Å²) >= 11 is 0. The number of carbonyl (C=O) groups excluding carboxylic acids is 2. The van der Waals surface area contributed by atoms with E-state index < -0.39 is 37.9 Å². The molecule has 2 saturated heterocycles. The number of aromatic nitrogens is 4. The summed E-state index contributed by atoms with van der Waals surface area (Å²) in [4.78, 5) is 65.2. The molecule has 7 heterocycles. The van der Waals surface area contributed by atoms with Gasteiger partial charge in [0.15, 0.2) is 17.4 Å². The number of nitrogens with one attached hydrogen (secondary N) is 3. The van der Waals surface area contributed by atoms with Crippen molar-refractivity contribution in [2.45, 2.75) is 103 Å². The predicted octanol–water partition coefficient (Wildman–Crippen LogP) is 3.70. The summed E-state index contributed by atoms with van der Waals surface area (Å²) in [7, 11) is -2.57. The maximum absolute atomic E-state index is 14.5. The summed E-state index contributed by atoms with van der Waals surface area (Å²) in [6, 6.07) is 16.9. The molecule has 0 saturated carbocycles. The Labute approximate surface area is 416 Å². The number of nitrogen functional groups attached to an aromatic ring is 1. The lowest BCUT2D eigenvalue weighted by Gasteiger charge is -2.33. The minimum absolute atomic E-state index is 0.0351. The third-order valence-corrected chi connectivity index (χ3v) is 15.5. The molecule has 5 aliphatic rings. The number of carbonyl (C=O) groups is 2. The molecule has 3 aromatic carbocycles. The van der Waals surface area contributed by atoms with Crippen LogP contribution in [0, 0.1) is 0 Å². The quantitative estimate of drug-likeness (QED) is 0.0433. The van der Waals surface area contributed by atoms with E-state index in [9.17, 15) is 28.9 Å². The van der Waals surface area contributed by atoms with Gasteiger partial charge in [0.1, 0.15) is 42.9 Å². The van der Waals surface area contributed by atoms with E-state index in [0.29, 0.717) is 38.0 Å². The second kappa shape index (κ2) is 20.8. The molecule has 2 fully saturated rings. The SMILES string of the molecule is CCN1CCCc2cc3c(cc21)Oc1cc2c(cc1=C3c1ccccc1C(=O)N(C)CCCC(=O)NCCCCCCNc1nc3c(=O)[nH]c(N)nc3n1[C@@H]1O[C@@H]3COP(=O)(O)O[C@H]3[C@H]1O)CCC[N+]=2CC. The van der Waals surface area contributed by atoms with Crippen molar-refractivity contribution in [3.8, 4) is 11.5 Å². The average Bonchev–Trinajstić information content (AvgIpc) is 3.89.